The van der Waals surface area contributed by atoms with Crippen molar-refractivity contribution in [1.29, 1.82) is 0 Å². The predicted octanol–water partition coefficient (Wildman–Crippen LogP) is 1.23. The van der Waals surface area contributed by atoms with Gasteiger partial charge in [-0.1, -0.05) is 33.1 Å². The second-order valence-corrected chi connectivity index (χ2v) is 1.95. The molecular formula is C7H17NO2. The van der Waals surface area contributed by atoms with Crippen LogP contribution in [0.15, 0.2) is 0 Å². The quantitative estimate of drug-likeness (QED) is 0.631. The molecule has 0 rings (SSSR count). The average molecular weight is 147 g/mol. The van der Waals surface area contributed by atoms with Gasteiger partial charge >= 0.3 is 5.97 Å². The van der Waals surface area contributed by atoms with Crippen molar-refractivity contribution in [2.75, 3.05) is 6.54 Å². The number of carbonyl (C=O) groups is 1. The van der Waals surface area contributed by atoms with Crippen LogP contribution in [-0.2, 0) is 4.79 Å². The van der Waals surface area contributed by atoms with Gasteiger partial charge in [0.05, 0.1) is 6.54 Å². The van der Waals surface area contributed by atoms with Crippen LogP contribution in [0.4, 0.5) is 0 Å². The van der Waals surface area contributed by atoms with Gasteiger partial charge in [0, 0.05) is 0 Å². The SMILES string of the molecule is CCCCC.NCC(=O)O. The van der Waals surface area contributed by atoms with Gasteiger partial charge in [-0.05, 0) is 0 Å². The zero-order chi connectivity index (χ0) is 8.41. The van der Waals surface area contributed by atoms with Gasteiger partial charge in [-0.15, -0.1) is 0 Å². The normalized spacial score (nSPS) is 7.90. The van der Waals surface area contributed by atoms with Gasteiger partial charge < -0.3 is 10.8 Å². The highest BCUT2D eigenvalue weighted by atomic mass is 16.4. The van der Waals surface area contributed by atoms with E-state index in [-0.39, 0.29) is 6.54 Å². The maximum atomic E-state index is 9.24. The van der Waals surface area contributed by atoms with E-state index in [2.05, 4.69) is 19.6 Å². The van der Waals surface area contributed by atoms with E-state index in [4.69, 9.17) is 5.11 Å². The molecule has 0 aromatic rings. The summed E-state index contributed by atoms with van der Waals surface area (Å²) in [5.41, 5.74) is 4.57. The number of unbranched alkanes of at least 4 members (excludes halogenated alkanes) is 2. The Morgan fingerprint density at radius 1 is 1.40 bits per heavy atom. The second-order valence-electron chi connectivity index (χ2n) is 1.95. The Morgan fingerprint density at radius 2 is 1.70 bits per heavy atom. The van der Waals surface area contributed by atoms with E-state index in [1.165, 1.54) is 19.3 Å². The molecule has 0 aliphatic carbocycles. The summed E-state index contributed by atoms with van der Waals surface area (Å²) < 4.78 is 0. The standard InChI is InChI=1S/C5H12.C2H5NO2/c1-3-5-4-2;3-1-2(4)5/h3-5H2,1-2H3;1,3H2,(H,4,5). The first-order valence-corrected chi connectivity index (χ1v) is 3.60. The Hall–Kier alpha value is -0.570. The zero-order valence-electron chi connectivity index (χ0n) is 6.76. The molecule has 3 heteroatoms. The summed E-state index contributed by atoms with van der Waals surface area (Å²) in [7, 11) is 0. The molecule has 0 saturated carbocycles. The molecule has 0 aliphatic rings. The van der Waals surface area contributed by atoms with E-state index >= 15 is 0 Å². The van der Waals surface area contributed by atoms with Crippen LogP contribution in [0.1, 0.15) is 33.1 Å². The number of hydrogen-bond donors (Lipinski definition) is 2. The number of carboxylic acids is 1. The predicted molar refractivity (Wildman–Crippen MR) is 41.9 cm³/mol. The summed E-state index contributed by atoms with van der Waals surface area (Å²) in [4.78, 5) is 9.24. The molecule has 0 bridgehead atoms. The van der Waals surface area contributed by atoms with E-state index in [9.17, 15) is 4.79 Å². The Balaban J connectivity index is 0. The number of carboxylic acid groups (broad SMARTS) is 1. The molecule has 0 aliphatic heterocycles. The van der Waals surface area contributed by atoms with E-state index in [0.717, 1.165) is 0 Å². The van der Waals surface area contributed by atoms with Crippen LogP contribution in [0.5, 0.6) is 0 Å². The number of nitrogens with two attached hydrogens (primary N) is 1. The van der Waals surface area contributed by atoms with E-state index in [1.54, 1.807) is 0 Å². The lowest BCUT2D eigenvalue weighted by Crippen LogP contribution is -2.10. The molecule has 0 unspecified atom stereocenters. The van der Waals surface area contributed by atoms with Gasteiger partial charge in [0.15, 0.2) is 0 Å². The summed E-state index contributed by atoms with van der Waals surface area (Å²) in [5.74, 6) is -0.968. The summed E-state index contributed by atoms with van der Waals surface area (Å²) in [6.07, 6.45) is 4.08. The largest absolute Gasteiger partial charge is 0.480 e. The molecule has 0 fully saturated rings. The molecule has 0 amide bonds. The van der Waals surface area contributed by atoms with Crippen molar-refractivity contribution in [3.05, 3.63) is 0 Å². The molecular weight excluding hydrogens is 130 g/mol. The molecule has 3 nitrogen and oxygen atoms in total. The van der Waals surface area contributed by atoms with Crippen molar-refractivity contribution in [2.24, 2.45) is 5.73 Å². The van der Waals surface area contributed by atoms with E-state index in [0.29, 0.717) is 0 Å². The van der Waals surface area contributed by atoms with Crippen molar-refractivity contribution in [2.45, 2.75) is 33.1 Å². The number of aliphatic carboxylic acids is 1. The minimum Gasteiger partial charge on any atom is -0.480 e. The topological polar surface area (TPSA) is 63.3 Å². The highest BCUT2D eigenvalue weighted by Crippen LogP contribution is 1.88. The van der Waals surface area contributed by atoms with Gasteiger partial charge in [0.2, 0.25) is 0 Å². The van der Waals surface area contributed by atoms with Crippen molar-refractivity contribution in [1.82, 2.24) is 0 Å². The van der Waals surface area contributed by atoms with Crippen molar-refractivity contribution >= 4 is 5.97 Å². The van der Waals surface area contributed by atoms with Crippen LogP contribution in [0.2, 0.25) is 0 Å². The van der Waals surface area contributed by atoms with E-state index in [1.807, 2.05) is 0 Å². The molecule has 0 saturated heterocycles. The van der Waals surface area contributed by atoms with Crippen molar-refractivity contribution in [3.63, 3.8) is 0 Å². The first-order chi connectivity index (χ1) is 4.68. The third-order valence-corrected chi connectivity index (χ3v) is 0.882. The number of hydrogen-bond acceptors (Lipinski definition) is 2. The third kappa shape index (κ3) is 26.1. The molecule has 0 heterocycles. The van der Waals surface area contributed by atoms with E-state index < -0.39 is 5.97 Å². The fourth-order valence-corrected chi connectivity index (χ4v) is 0.354. The number of rotatable bonds is 3. The highest BCUT2D eigenvalue weighted by molar-refractivity contribution is 5.68. The van der Waals surface area contributed by atoms with Crippen molar-refractivity contribution < 1.29 is 9.90 Å². The fraction of sp³-hybridized carbons (Fsp3) is 0.857. The zero-order valence-corrected chi connectivity index (χ0v) is 6.76. The molecule has 0 radical (unpaired) electrons. The molecule has 0 aromatic heterocycles. The van der Waals surface area contributed by atoms with Gasteiger partial charge in [0.25, 0.3) is 0 Å². The van der Waals surface area contributed by atoms with Crippen LogP contribution in [0.25, 0.3) is 0 Å². The monoisotopic (exact) mass is 147 g/mol. The smallest absolute Gasteiger partial charge is 0.317 e. The molecule has 0 aromatic carbocycles. The lowest BCUT2D eigenvalue weighted by atomic mass is 10.3. The molecule has 3 N–H and O–H groups in total. The summed E-state index contributed by atoms with van der Waals surface area (Å²) in [5, 5.41) is 7.60. The fourth-order valence-electron chi connectivity index (χ4n) is 0.354. The first kappa shape index (κ1) is 12.1. The average Bonchev–Trinajstić information content (AvgIpc) is 1.91. The van der Waals surface area contributed by atoms with Crippen molar-refractivity contribution in [3.8, 4) is 0 Å². The van der Waals surface area contributed by atoms with Crippen LogP contribution < -0.4 is 5.73 Å². The minimum absolute atomic E-state index is 0.278. The minimum atomic E-state index is -0.968. The van der Waals surface area contributed by atoms with Gasteiger partial charge in [-0.3, -0.25) is 4.79 Å². The maximum Gasteiger partial charge on any atom is 0.317 e. The summed E-state index contributed by atoms with van der Waals surface area (Å²) >= 11 is 0. The Bertz CT molecular complexity index is 72.0. The molecule has 0 atom stereocenters. The Kier molecular flexibility index (Phi) is 13.7. The van der Waals surface area contributed by atoms with Gasteiger partial charge in [-0.2, -0.15) is 0 Å². The summed E-state index contributed by atoms with van der Waals surface area (Å²) in [6, 6.07) is 0. The van der Waals surface area contributed by atoms with Crippen LogP contribution in [0.3, 0.4) is 0 Å². The molecule has 10 heavy (non-hydrogen) atoms. The summed E-state index contributed by atoms with van der Waals surface area (Å²) in [6.45, 7) is 4.15. The molecule has 62 valence electrons. The second kappa shape index (κ2) is 11.3. The van der Waals surface area contributed by atoms with Crippen LogP contribution in [-0.4, -0.2) is 17.6 Å². The lowest BCUT2D eigenvalue weighted by molar-refractivity contribution is -0.135. The van der Waals surface area contributed by atoms with Gasteiger partial charge in [-0.25, -0.2) is 0 Å². The Labute approximate surface area is 62.2 Å². The van der Waals surface area contributed by atoms with Crippen LogP contribution >= 0.6 is 0 Å². The third-order valence-electron chi connectivity index (χ3n) is 0.882. The Morgan fingerprint density at radius 3 is 1.70 bits per heavy atom. The lowest BCUT2D eigenvalue weighted by Gasteiger charge is -1.79. The highest BCUT2D eigenvalue weighted by Gasteiger charge is 1.81. The van der Waals surface area contributed by atoms with Gasteiger partial charge in [0.1, 0.15) is 0 Å². The maximum absolute atomic E-state index is 9.24. The first-order valence-electron chi connectivity index (χ1n) is 3.60. The van der Waals surface area contributed by atoms with Crippen LogP contribution in [0, 0.1) is 0 Å². The molecule has 0 spiro atoms.